The maximum Gasteiger partial charge on any atom is 0.259 e. The first kappa shape index (κ1) is 20.4. The van der Waals surface area contributed by atoms with Crippen LogP contribution in [0.4, 0.5) is 5.69 Å². The highest BCUT2D eigenvalue weighted by Gasteiger charge is 2.28. The Kier molecular flexibility index (Phi) is 5.96. The van der Waals surface area contributed by atoms with Crippen LogP contribution in [-0.2, 0) is 14.8 Å². The van der Waals surface area contributed by atoms with Crippen molar-refractivity contribution in [3.05, 3.63) is 48.0 Å². The van der Waals surface area contributed by atoms with Crippen molar-refractivity contribution in [1.82, 2.24) is 0 Å². The van der Waals surface area contributed by atoms with Gasteiger partial charge in [-0.3, -0.25) is 4.79 Å². The van der Waals surface area contributed by atoms with Crippen molar-refractivity contribution in [2.24, 2.45) is 5.14 Å². The molecule has 0 aromatic heterocycles. The topological polar surface area (TPSA) is 89.7 Å². The van der Waals surface area contributed by atoms with Crippen molar-refractivity contribution < 1.29 is 17.9 Å². The molecule has 2 aromatic rings. The van der Waals surface area contributed by atoms with Crippen LogP contribution in [0.15, 0.2) is 57.2 Å². The van der Waals surface area contributed by atoms with Crippen LogP contribution in [0, 0.1) is 0 Å². The molecule has 2 aliphatic rings. The molecule has 0 saturated heterocycles. The number of nitrogens with zero attached hydrogens (tertiary/aromatic N) is 1. The number of benzene rings is 2. The Morgan fingerprint density at radius 1 is 1.10 bits per heavy atom. The van der Waals surface area contributed by atoms with Gasteiger partial charge in [-0.15, -0.1) is 0 Å². The second-order valence-corrected chi connectivity index (χ2v) is 10.0. The van der Waals surface area contributed by atoms with E-state index in [4.69, 9.17) is 9.88 Å². The van der Waals surface area contributed by atoms with E-state index in [1.165, 1.54) is 30.7 Å². The lowest BCUT2D eigenvalue weighted by Gasteiger charge is -2.23. The van der Waals surface area contributed by atoms with Gasteiger partial charge in [0.15, 0.2) is 0 Å². The van der Waals surface area contributed by atoms with Crippen LogP contribution >= 0.6 is 11.8 Å². The normalized spacial score (nSPS) is 17.1. The lowest BCUT2D eigenvalue weighted by Crippen LogP contribution is -2.32. The van der Waals surface area contributed by atoms with E-state index in [-0.39, 0.29) is 10.8 Å². The molecule has 8 heteroatoms. The average Bonchev–Trinajstić information content (AvgIpc) is 3.17. The Bertz CT molecular complexity index is 1020. The number of carbonyl (C=O) groups is 1. The number of primary sulfonamides is 1. The van der Waals surface area contributed by atoms with Gasteiger partial charge in [-0.25, -0.2) is 13.6 Å². The first-order valence-electron chi connectivity index (χ1n) is 9.81. The van der Waals surface area contributed by atoms with E-state index >= 15 is 0 Å². The monoisotopic (exact) mass is 432 g/mol. The van der Waals surface area contributed by atoms with Gasteiger partial charge >= 0.3 is 0 Å². The molecule has 0 bridgehead atoms. The summed E-state index contributed by atoms with van der Waals surface area (Å²) in [5.41, 5.74) is 1.31. The molecule has 4 rings (SSSR count). The van der Waals surface area contributed by atoms with Crippen molar-refractivity contribution >= 4 is 33.4 Å². The Morgan fingerprint density at radius 3 is 2.62 bits per heavy atom. The Balaban J connectivity index is 1.61. The predicted octanol–water partition coefficient (Wildman–Crippen LogP) is 3.79. The Labute approximate surface area is 175 Å². The number of ether oxygens (including phenoxy) is 1. The highest BCUT2D eigenvalue weighted by atomic mass is 32.2. The number of anilines is 1. The van der Waals surface area contributed by atoms with Crippen LogP contribution in [-0.4, -0.2) is 33.6 Å². The van der Waals surface area contributed by atoms with Gasteiger partial charge < -0.3 is 9.64 Å². The zero-order valence-corrected chi connectivity index (χ0v) is 17.7. The molecule has 6 nitrogen and oxygen atoms in total. The molecule has 0 unspecified atom stereocenters. The molecule has 1 aliphatic carbocycles. The number of nitrogens with two attached hydrogens (primary N) is 1. The standard InChI is InChI=1S/C21H24N2O4S2/c22-29(25,26)16-10-11-18-20(14-16)28-19-9-4-3-8-17(19)21(24)23(18)12-5-13-27-15-6-1-2-7-15/h3-4,8-11,14-15H,1-2,5-7,12-13H2,(H2,22,25,26). The maximum atomic E-state index is 13.3. The number of rotatable bonds is 6. The summed E-state index contributed by atoms with van der Waals surface area (Å²) in [5, 5.41) is 5.31. The summed E-state index contributed by atoms with van der Waals surface area (Å²) in [5.74, 6) is -0.0870. The lowest BCUT2D eigenvalue weighted by molar-refractivity contribution is 0.0574. The van der Waals surface area contributed by atoms with Crippen molar-refractivity contribution in [3.63, 3.8) is 0 Å². The molecule has 2 N–H and O–H groups in total. The quantitative estimate of drug-likeness (QED) is 0.702. The minimum atomic E-state index is -3.82. The van der Waals surface area contributed by atoms with Gasteiger partial charge in [0.05, 0.1) is 22.3 Å². The van der Waals surface area contributed by atoms with Crippen molar-refractivity contribution in [2.75, 3.05) is 18.1 Å². The SMILES string of the molecule is NS(=O)(=O)c1ccc2c(c1)Sc1ccccc1C(=O)N2CCCOC1CCCC1. The molecule has 1 aliphatic heterocycles. The predicted molar refractivity (Wildman–Crippen MR) is 113 cm³/mol. The Morgan fingerprint density at radius 2 is 1.86 bits per heavy atom. The van der Waals surface area contributed by atoms with Gasteiger partial charge in [-0.1, -0.05) is 36.7 Å². The van der Waals surface area contributed by atoms with Crippen molar-refractivity contribution in [1.29, 1.82) is 0 Å². The van der Waals surface area contributed by atoms with Crippen molar-refractivity contribution in [2.45, 2.75) is 52.9 Å². The summed E-state index contributed by atoms with van der Waals surface area (Å²) in [6.07, 6.45) is 5.74. The fourth-order valence-electron chi connectivity index (χ4n) is 3.83. The third-order valence-corrected chi connectivity index (χ3v) is 7.35. The first-order chi connectivity index (χ1) is 13.9. The molecule has 1 saturated carbocycles. The van der Waals surface area contributed by atoms with Crippen LogP contribution < -0.4 is 10.0 Å². The van der Waals surface area contributed by atoms with E-state index in [2.05, 4.69) is 0 Å². The van der Waals surface area contributed by atoms with Crippen LogP contribution in [0.1, 0.15) is 42.5 Å². The lowest BCUT2D eigenvalue weighted by atomic mass is 10.1. The molecular formula is C21H24N2O4S2. The van der Waals surface area contributed by atoms with Gasteiger partial charge in [0.2, 0.25) is 10.0 Å². The van der Waals surface area contributed by atoms with Gasteiger partial charge in [-0.2, -0.15) is 0 Å². The first-order valence-corrected chi connectivity index (χ1v) is 12.2. The number of hydrogen-bond acceptors (Lipinski definition) is 5. The molecule has 0 atom stereocenters. The summed E-state index contributed by atoms with van der Waals surface area (Å²) in [6.45, 7) is 1.11. The van der Waals surface area contributed by atoms with Crippen LogP contribution in [0.3, 0.4) is 0 Å². The van der Waals surface area contributed by atoms with Gasteiger partial charge in [0.25, 0.3) is 5.91 Å². The molecule has 29 heavy (non-hydrogen) atoms. The second kappa shape index (κ2) is 8.47. The van der Waals surface area contributed by atoms with Crippen molar-refractivity contribution in [3.8, 4) is 0 Å². The average molecular weight is 433 g/mol. The molecule has 154 valence electrons. The second-order valence-electron chi connectivity index (χ2n) is 7.36. The number of carbonyl (C=O) groups excluding carboxylic acids is 1. The highest BCUT2D eigenvalue weighted by Crippen LogP contribution is 2.42. The molecule has 2 aromatic carbocycles. The summed E-state index contributed by atoms with van der Waals surface area (Å²) >= 11 is 1.39. The van der Waals surface area contributed by atoms with Crippen LogP contribution in [0.5, 0.6) is 0 Å². The van der Waals surface area contributed by atoms with Gasteiger partial charge in [0, 0.05) is 22.9 Å². The van der Waals surface area contributed by atoms with Crippen LogP contribution in [0.25, 0.3) is 0 Å². The van der Waals surface area contributed by atoms with E-state index in [1.54, 1.807) is 23.1 Å². The third kappa shape index (κ3) is 4.50. The van der Waals surface area contributed by atoms with E-state index in [9.17, 15) is 13.2 Å². The molecule has 1 heterocycles. The third-order valence-electron chi connectivity index (χ3n) is 5.31. The summed E-state index contributed by atoms with van der Waals surface area (Å²) < 4.78 is 29.6. The largest absolute Gasteiger partial charge is 0.378 e. The van der Waals surface area contributed by atoms with Crippen LogP contribution in [0.2, 0.25) is 0 Å². The van der Waals surface area contributed by atoms with E-state index in [0.717, 1.165) is 17.7 Å². The number of sulfonamides is 1. The van der Waals surface area contributed by atoms with E-state index in [1.807, 2.05) is 18.2 Å². The molecule has 1 amide bonds. The van der Waals surface area contributed by atoms with Gasteiger partial charge in [-0.05, 0) is 49.6 Å². The minimum absolute atomic E-state index is 0.0418. The summed E-state index contributed by atoms with van der Waals surface area (Å²) in [6, 6.07) is 12.1. The summed E-state index contributed by atoms with van der Waals surface area (Å²) in [7, 11) is -3.82. The fourth-order valence-corrected chi connectivity index (χ4v) is 5.56. The molecule has 0 radical (unpaired) electrons. The Hall–Kier alpha value is -1.87. The zero-order valence-electron chi connectivity index (χ0n) is 16.0. The maximum absolute atomic E-state index is 13.3. The highest BCUT2D eigenvalue weighted by molar-refractivity contribution is 7.99. The molecular weight excluding hydrogens is 408 g/mol. The van der Waals surface area contributed by atoms with Gasteiger partial charge in [0.1, 0.15) is 0 Å². The van der Waals surface area contributed by atoms with E-state index < -0.39 is 10.0 Å². The number of amides is 1. The smallest absolute Gasteiger partial charge is 0.259 e. The molecule has 1 fully saturated rings. The molecule has 0 spiro atoms. The summed E-state index contributed by atoms with van der Waals surface area (Å²) in [4.78, 5) is 16.5. The number of fused-ring (bicyclic) bond motifs is 2. The number of hydrogen-bond donors (Lipinski definition) is 1. The van der Waals surface area contributed by atoms with E-state index in [0.29, 0.717) is 41.8 Å². The minimum Gasteiger partial charge on any atom is -0.378 e. The zero-order chi connectivity index (χ0) is 20.4. The fraction of sp³-hybridized carbons (Fsp3) is 0.381.